The molecule has 1 unspecified atom stereocenters. The van der Waals surface area contributed by atoms with E-state index in [1.165, 1.54) is 0 Å². The zero-order valence-electron chi connectivity index (χ0n) is 15.9. The van der Waals surface area contributed by atoms with Crippen LogP contribution in [0.2, 0.25) is 0 Å². The van der Waals surface area contributed by atoms with Crippen LogP contribution in [0.25, 0.3) is 16.8 Å². The molecule has 148 valence electrons. The Morgan fingerprint density at radius 1 is 1.14 bits per heavy atom. The number of ether oxygens (including phenoxy) is 1. The molecule has 0 aromatic carbocycles. The average molecular weight is 390 g/mol. The molecule has 9 nitrogen and oxygen atoms in total. The first kappa shape index (κ1) is 17.8. The fourth-order valence-electron chi connectivity index (χ4n) is 3.59. The number of anilines is 1. The molecule has 0 bridgehead atoms. The summed E-state index contributed by atoms with van der Waals surface area (Å²) >= 11 is 0. The van der Waals surface area contributed by atoms with Gasteiger partial charge in [-0.1, -0.05) is 12.2 Å². The van der Waals surface area contributed by atoms with Crippen molar-refractivity contribution in [2.75, 3.05) is 31.2 Å². The average Bonchev–Trinajstić information content (AvgIpc) is 3.20. The third kappa shape index (κ3) is 3.24. The lowest BCUT2D eigenvalue weighted by molar-refractivity contribution is 0.122. The Balaban J connectivity index is 1.49. The third-order valence-electron chi connectivity index (χ3n) is 5.31. The van der Waals surface area contributed by atoms with Gasteiger partial charge in [0.15, 0.2) is 11.6 Å². The largest absolute Gasteiger partial charge is 0.399 e. The van der Waals surface area contributed by atoms with Crippen molar-refractivity contribution >= 4 is 11.3 Å². The smallest absolute Gasteiger partial charge is 0.153 e. The lowest BCUT2D eigenvalue weighted by Gasteiger charge is -2.27. The van der Waals surface area contributed by atoms with E-state index in [0.717, 1.165) is 35.7 Å². The Hall–Kier alpha value is -3.30. The predicted octanol–water partition coefficient (Wildman–Crippen LogP) is 0.979. The molecule has 0 spiro atoms. The van der Waals surface area contributed by atoms with E-state index in [4.69, 9.17) is 21.2 Å². The monoisotopic (exact) mass is 390 g/mol. The van der Waals surface area contributed by atoms with Gasteiger partial charge in [0.2, 0.25) is 0 Å². The minimum atomic E-state index is -0.774. The molecule has 4 heterocycles. The van der Waals surface area contributed by atoms with Crippen molar-refractivity contribution < 1.29 is 4.74 Å². The van der Waals surface area contributed by atoms with E-state index in [1.54, 1.807) is 23.1 Å². The van der Waals surface area contributed by atoms with Crippen molar-refractivity contribution in [3.8, 4) is 11.3 Å². The van der Waals surface area contributed by atoms with Crippen molar-refractivity contribution in [3.05, 3.63) is 60.3 Å². The maximum absolute atomic E-state index is 6.52. The second-order valence-electron chi connectivity index (χ2n) is 7.27. The Labute approximate surface area is 167 Å². The lowest BCUT2D eigenvalue weighted by atomic mass is 9.90. The molecule has 1 atom stereocenters. The van der Waals surface area contributed by atoms with Crippen LogP contribution in [0.4, 0.5) is 5.82 Å². The van der Waals surface area contributed by atoms with E-state index in [1.807, 2.05) is 30.4 Å². The van der Waals surface area contributed by atoms with Crippen LogP contribution in [-0.4, -0.2) is 51.1 Å². The van der Waals surface area contributed by atoms with Crippen LogP contribution in [0, 0.1) is 0 Å². The minimum absolute atomic E-state index is 0.548. The Kier molecular flexibility index (Phi) is 4.26. The van der Waals surface area contributed by atoms with Crippen molar-refractivity contribution in [3.63, 3.8) is 0 Å². The number of rotatable bonds is 3. The summed E-state index contributed by atoms with van der Waals surface area (Å²) in [5.74, 6) is 1.43. The van der Waals surface area contributed by atoms with E-state index in [9.17, 15) is 0 Å². The summed E-state index contributed by atoms with van der Waals surface area (Å²) < 4.78 is 7.06. The highest BCUT2D eigenvalue weighted by Crippen LogP contribution is 2.29. The molecule has 9 heteroatoms. The van der Waals surface area contributed by atoms with Crippen molar-refractivity contribution in [1.29, 1.82) is 0 Å². The van der Waals surface area contributed by atoms with Gasteiger partial charge in [0.05, 0.1) is 36.2 Å². The maximum Gasteiger partial charge on any atom is 0.153 e. The molecule has 4 N–H and O–H groups in total. The summed E-state index contributed by atoms with van der Waals surface area (Å²) in [6, 6.07) is 5.89. The lowest BCUT2D eigenvalue weighted by Crippen LogP contribution is -2.37. The van der Waals surface area contributed by atoms with Gasteiger partial charge in [0.1, 0.15) is 0 Å². The second-order valence-corrected chi connectivity index (χ2v) is 7.27. The number of morpholine rings is 1. The fourth-order valence-corrected chi connectivity index (χ4v) is 3.59. The van der Waals surface area contributed by atoms with E-state index < -0.39 is 5.54 Å². The molecule has 2 aliphatic rings. The quantitative estimate of drug-likeness (QED) is 0.679. The van der Waals surface area contributed by atoms with Gasteiger partial charge in [-0.15, -0.1) is 9.73 Å². The first-order chi connectivity index (χ1) is 14.1. The molecule has 0 radical (unpaired) electrons. The predicted molar refractivity (Wildman–Crippen MR) is 109 cm³/mol. The molecule has 0 amide bonds. The summed E-state index contributed by atoms with van der Waals surface area (Å²) in [5.41, 5.74) is 14.8. The first-order valence-electron chi connectivity index (χ1n) is 9.58. The van der Waals surface area contributed by atoms with Gasteiger partial charge in [-0.2, -0.15) is 5.10 Å². The van der Waals surface area contributed by atoms with Gasteiger partial charge < -0.3 is 21.1 Å². The number of aromatic nitrogens is 5. The molecule has 3 aromatic rings. The summed E-state index contributed by atoms with van der Waals surface area (Å²) in [5, 5.41) is 9.09. The van der Waals surface area contributed by atoms with E-state index in [-0.39, 0.29) is 0 Å². The molecular weight excluding hydrogens is 368 g/mol. The molecule has 29 heavy (non-hydrogen) atoms. The number of fused-ring (bicyclic) bond motifs is 1. The van der Waals surface area contributed by atoms with Crippen molar-refractivity contribution in [2.45, 2.75) is 12.0 Å². The van der Waals surface area contributed by atoms with Gasteiger partial charge >= 0.3 is 0 Å². The normalized spacial score (nSPS) is 22.1. The van der Waals surface area contributed by atoms with Crippen LogP contribution in [-0.2, 0) is 10.3 Å². The van der Waals surface area contributed by atoms with Gasteiger partial charge in [0, 0.05) is 30.5 Å². The molecule has 1 saturated heterocycles. The van der Waals surface area contributed by atoms with E-state index in [2.05, 4.69) is 20.1 Å². The van der Waals surface area contributed by atoms with Crippen molar-refractivity contribution in [2.24, 2.45) is 11.5 Å². The zero-order valence-corrected chi connectivity index (χ0v) is 15.9. The highest BCUT2D eigenvalue weighted by atomic mass is 16.5. The van der Waals surface area contributed by atoms with Gasteiger partial charge in [-0.3, -0.25) is 0 Å². The first-order valence-corrected chi connectivity index (χ1v) is 9.58. The number of nitrogens with zero attached hydrogens (tertiary/aromatic N) is 6. The Morgan fingerprint density at radius 2 is 2.00 bits per heavy atom. The van der Waals surface area contributed by atoms with E-state index in [0.29, 0.717) is 31.2 Å². The maximum atomic E-state index is 6.52. The fraction of sp³-hybridized carbons (Fsp3) is 0.300. The Bertz CT molecular complexity index is 1110. The summed E-state index contributed by atoms with van der Waals surface area (Å²) in [4.78, 5) is 11.3. The van der Waals surface area contributed by atoms with Gasteiger partial charge in [-0.25, -0.2) is 9.97 Å². The molecule has 1 fully saturated rings. The standard InChI is InChI=1S/C20H22N8O/c21-14-3-6-20(22,7-4-14)19-23-8-5-16(25-19)15-13-24-28-17(15)1-2-18(26-28)27-9-11-29-12-10-27/h1-6,8,13H,7,9-12,21-22H2. The van der Waals surface area contributed by atoms with Crippen LogP contribution >= 0.6 is 0 Å². The van der Waals surface area contributed by atoms with Crippen LogP contribution in [0.15, 0.2) is 54.5 Å². The number of hydrogen-bond acceptors (Lipinski definition) is 8. The molecule has 1 aliphatic heterocycles. The van der Waals surface area contributed by atoms with Gasteiger partial charge in [0.25, 0.3) is 0 Å². The molecular formula is C20H22N8O. The summed E-state index contributed by atoms with van der Waals surface area (Å²) in [6.07, 6.45) is 9.59. The van der Waals surface area contributed by atoms with Crippen LogP contribution in [0.3, 0.4) is 0 Å². The number of allylic oxidation sites excluding steroid dienone is 1. The minimum Gasteiger partial charge on any atom is -0.399 e. The Morgan fingerprint density at radius 3 is 2.79 bits per heavy atom. The SMILES string of the molecule is NC1=CCC(N)(c2nccc(-c3cnn4nc(N5CCOCC5)ccc34)n2)C=C1. The summed E-state index contributed by atoms with van der Waals surface area (Å²) in [6.45, 7) is 3.08. The topological polar surface area (TPSA) is 120 Å². The summed E-state index contributed by atoms with van der Waals surface area (Å²) in [7, 11) is 0. The molecule has 3 aromatic heterocycles. The molecule has 1 aliphatic carbocycles. The highest BCUT2D eigenvalue weighted by Gasteiger charge is 2.29. The second kappa shape index (κ2) is 6.94. The zero-order chi connectivity index (χ0) is 19.8. The third-order valence-corrected chi connectivity index (χ3v) is 5.31. The molecule has 5 rings (SSSR count). The van der Waals surface area contributed by atoms with Gasteiger partial charge in [-0.05, 0) is 30.7 Å². The van der Waals surface area contributed by atoms with Crippen LogP contribution < -0.4 is 16.4 Å². The number of nitrogens with two attached hydrogens (primary N) is 2. The van der Waals surface area contributed by atoms with Crippen molar-refractivity contribution in [1.82, 2.24) is 24.8 Å². The number of hydrogen-bond donors (Lipinski definition) is 2. The highest BCUT2D eigenvalue weighted by molar-refractivity contribution is 5.77. The van der Waals surface area contributed by atoms with E-state index >= 15 is 0 Å². The van der Waals surface area contributed by atoms with Crippen LogP contribution in [0.1, 0.15) is 12.2 Å². The van der Waals surface area contributed by atoms with Crippen LogP contribution in [0.5, 0.6) is 0 Å². The molecule has 0 saturated carbocycles.